The summed E-state index contributed by atoms with van der Waals surface area (Å²) in [5, 5.41) is 14.7. The number of aliphatic hydroxyl groups excluding tert-OH is 1. The Labute approximate surface area is 143 Å². The zero-order valence-electron chi connectivity index (χ0n) is 14.7. The van der Waals surface area contributed by atoms with Crippen LogP contribution in [-0.4, -0.2) is 70.4 Å². The minimum atomic E-state index is -0.278. The van der Waals surface area contributed by atoms with Crippen molar-refractivity contribution in [1.82, 2.24) is 19.6 Å². The van der Waals surface area contributed by atoms with Crippen molar-refractivity contribution in [3.8, 4) is 0 Å². The molecule has 1 fully saturated rings. The van der Waals surface area contributed by atoms with Crippen molar-refractivity contribution in [3.05, 3.63) is 24.0 Å². The first-order chi connectivity index (χ1) is 11.5. The Morgan fingerprint density at radius 1 is 1.38 bits per heavy atom. The molecule has 2 aliphatic rings. The third kappa shape index (κ3) is 3.87. The smallest absolute Gasteiger partial charge is 0.236 e. The minimum absolute atomic E-state index is 0.117. The highest BCUT2D eigenvalue weighted by Gasteiger charge is 2.25. The number of likely N-dealkylation sites (N-methyl/N-ethyl adjacent to an activating group) is 1. The van der Waals surface area contributed by atoms with Gasteiger partial charge in [-0.3, -0.25) is 14.4 Å². The quantitative estimate of drug-likeness (QED) is 0.908. The first-order valence-corrected chi connectivity index (χ1v) is 8.88. The fourth-order valence-electron chi connectivity index (χ4n) is 3.54. The van der Waals surface area contributed by atoms with Gasteiger partial charge in [-0.25, -0.2) is 0 Å². The summed E-state index contributed by atoms with van der Waals surface area (Å²) in [5.41, 5.74) is 2.44. The number of rotatable bonds is 4. The van der Waals surface area contributed by atoms with Crippen LogP contribution in [0.2, 0.25) is 0 Å². The summed E-state index contributed by atoms with van der Waals surface area (Å²) >= 11 is 0. The van der Waals surface area contributed by atoms with E-state index in [9.17, 15) is 9.90 Å². The average molecular weight is 332 g/mol. The van der Waals surface area contributed by atoms with Gasteiger partial charge in [-0.15, -0.1) is 0 Å². The third-order valence-corrected chi connectivity index (χ3v) is 5.16. The van der Waals surface area contributed by atoms with Crippen molar-refractivity contribution in [3.63, 3.8) is 0 Å². The molecule has 1 saturated carbocycles. The summed E-state index contributed by atoms with van der Waals surface area (Å²) in [7, 11) is 3.59. The van der Waals surface area contributed by atoms with Gasteiger partial charge in [0.25, 0.3) is 0 Å². The van der Waals surface area contributed by atoms with Crippen molar-refractivity contribution in [2.45, 2.75) is 44.2 Å². The van der Waals surface area contributed by atoms with Gasteiger partial charge in [0.05, 0.1) is 24.9 Å². The Balaban J connectivity index is 1.62. The van der Waals surface area contributed by atoms with Crippen LogP contribution in [0, 0.1) is 0 Å². The highest BCUT2D eigenvalue weighted by atomic mass is 16.3. The summed E-state index contributed by atoms with van der Waals surface area (Å²) < 4.78 is 1.95. The molecule has 0 saturated heterocycles. The van der Waals surface area contributed by atoms with Gasteiger partial charge < -0.3 is 10.0 Å². The van der Waals surface area contributed by atoms with E-state index in [0.717, 1.165) is 50.8 Å². The zero-order chi connectivity index (χ0) is 17.1. The van der Waals surface area contributed by atoms with Crippen molar-refractivity contribution in [2.75, 3.05) is 33.7 Å². The third-order valence-electron chi connectivity index (χ3n) is 5.16. The molecule has 24 heavy (non-hydrogen) atoms. The number of carbonyl (C=O) groups excluding carboxylic acids is 1. The van der Waals surface area contributed by atoms with Crippen LogP contribution >= 0.6 is 0 Å². The van der Waals surface area contributed by atoms with Crippen LogP contribution in [-0.2, 0) is 4.79 Å². The Kier molecular flexibility index (Phi) is 5.36. The summed E-state index contributed by atoms with van der Waals surface area (Å²) in [6, 6.07) is 0.117. The molecule has 1 N–H and O–H groups in total. The van der Waals surface area contributed by atoms with Crippen LogP contribution in [0.3, 0.4) is 0 Å². The van der Waals surface area contributed by atoms with Crippen LogP contribution in [0.1, 0.15) is 43.7 Å². The van der Waals surface area contributed by atoms with E-state index in [1.54, 1.807) is 19.0 Å². The van der Waals surface area contributed by atoms with Crippen molar-refractivity contribution in [1.29, 1.82) is 0 Å². The van der Waals surface area contributed by atoms with Gasteiger partial charge in [-0.05, 0) is 24.8 Å². The van der Waals surface area contributed by atoms with E-state index in [2.05, 4.69) is 22.3 Å². The van der Waals surface area contributed by atoms with Crippen molar-refractivity contribution in [2.24, 2.45) is 0 Å². The number of hydrogen-bond donors (Lipinski definition) is 1. The second-order valence-electron chi connectivity index (χ2n) is 7.13. The number of amides is 1. The van der Waals surface area contributed by atoms with Crippen LogP contribution in [0.5, 0.6) is 0 Å². The molecule has 0 unspecified atom stereocenters. The highest BCUT2D eigenvalue weighted by Crippen LogP contribution is 2.30. The zero-order valence-corrected chi connectivity index (χ0v) is 14.7. The van der Waals surface area contributed by atoms with E-state index in [0.29, 0.717) is 6.54 Å². The molecule has 2 heterocycles. The maximum absolute atomic E-state index is 11.8. The van der Waals surface area contributed by atoms with Gasteiger partial charge in [0, 0.05) is 38.9 Å². The molecule has 0 spiro atoms. The number of nitrogens with zero attached hydrogens (tertiary/aromatic N) is 4. The van der Waals surface area contributed by atoms with Crippen LogP contribution in [0.25, 0.3) is 5.57 Å². The molecule has 3 rings (SSSR count). The summed E-state index contributed by atoms with van der Waals surface area (Å²) in [4.78, 5) is 15.6. The second-order valence-corrected chi connectivity index (χ2v) is 7.13. The largest absolute Gasteiger partial charge is 0.391 e. The van der Waals surface area contributed by atoms with Gasteiger partial charge in [0.2, 0.25) is 5.91 Å². The predicted molar refractivity (Wildman–Crippen MR) is 93.5 cm³/mol. The molecule has 1 aliphatic carbocycles. The Hall–Kier alpha value is -1.66. The Bertz CT molecular complexity index is 608. The number of carbonyl (C=O) groups is 1. The molecule has 6 heteroatoms. The predicted octanol–water partition coefficient (Wildman–Crippen LogP) is 1.54. The van der Waals surface area contributed by atoms with Crippen LogP contribution in [0.4, 0.5) is 0 Å². The molecular formula is C18H28N4O2. The lowest BCUT2D eigenvalue weighted by Crippen LogP contribution is -2.38. The lowest BCUT2D eigenvalue weighted by atomic mass is 9.93. The van der Waals surface area contributed by atoms with Crippen molar-refractivity contribution >= 4 is 11.5 Å². The summed E-state index contributed by atoms with van der Waals surface area (Å²) in [6.45, 7) is 2.17. The summed E-state index contributed by atoms with van der Waals surface area (Å²) in [5.74, 6) is 0.144. The first-order valence-electron chi connectivity index (χ1n) is 8.88. The molecular weight excluding hydrogens is 304 g/mol. The fraction of sp³-hybridized carbons (Fsp3) is 0.667. The first kappa shape index (κ1) is 17.2. The number of hydrogen-bond acceptors (Lipinski definition) is 4. The highest BCUT2D eigenvalue weighted by molar-refractivity contribution is 5.78. The van der Waals surface area contributed by atoms with E-state index in [4.69, 9.17) is 0 Å². The molecule has 0 radical (unpaired) electrons. The fourth-order valence-corrected chi connectivity index (χ4v) is 3.54. The number of aromatic nitrogens is 2. The molecule has 2 atom stereocenters. The Morgan fingerprint density at radius 2 is 2.17 bits per heavy atom. The van der Waals surface area contributed by atoms with E-state index in [1.807, 2.05) is 10.9 Å². The van der Waals surface area contributed by atoms with E-state index >= 15 is 0 Å². The molecule has 1 aromatic heterocycles. The van der Waals surface area contributed by atoms with Gasteiger partial charge in [-0.2, -0.15) is 5.10 Å². The summed E-state index contributed by atoms with van der Waals surface area (Å²) in [6.07, 6.45) is 11.0. The van der Waals surface area contributed by atoms with Gasteiger partial charge in [-0.1, -0.05) is 18.9 Å². The molecule has 0 aromatic carbocycles. The number of aliphatic hydroxyl groups is 1. The standard InChI is InChI=1S/C18H28N4O2/c1-20(2)18(24)13-21-9-7-14(8-10-21)15-11-19-22(12-15)16-5-3-4-6-17(16)23/h7,11-12,16-17,23H,3-6,8-10,13H2,1-2H3/t16-,17-/m1/s1. The van der Waals surface area contributed by atoms with Crippen LogP contribution < -0.4 is 0 Å². The monoisotopic (exact) mass is 332 g/mol. The topological polar surface area (TPSA) is 61.6 Å². The second kappa shape index (κ2) is 7.49. The molecule has 0 bridgehead atoms. The Morgan fingerprint density at radius 3 is 2.83 bits per heavy atom. The maximum atomic E-state index is 11.8. The molecule has 1 aromatic rings. The van der Waals surface area contributed by atoms with E-state index in [-0.39, 0.29) is 18.1 Å². The lowest BCUT2D eigenvalue weighted by molar-refractivity contribution is -0.129. The van der Waals surface area contributed by atoms with Crippen molar-refractivity contribution < 1.29 is 9.90 Å². The van der Waals surface area contributed by atoms with Gasteiger partial charge >= 0.3 is 0 Å². The normalized spacial score (nSPS) is 25.4. The van der Waals surface area contributed by atoms with Crippen LogP contribution in [0.15, 0.2) is 18.5 Å². The SMILES string of the molecule is CN(C)C(=O)CN1CC=C(c2cnn([C@@H]3CCCC[C@H]3O)c2)CC1. The lowest BCUT2D eigenvalue weighted by Gasteiger charge is -2.28. The molecule has 132 valence electrons. The molecule has 1 amide bonds. The maximum Gasteiger partial charge on any atom is 0.236 e. The minimum Gasteiger partial charge on any atom is -0.391 e. The van der Waals surface area contributed by atoms with E-state index < -0.39 is 0 Å². The van der Waals surface area contributed by atoms with E-state index in [1.165, 1.54) is 5.57 Å². The molecule has 6 nitrogen and oxygen atoms in total. The van der Waals surface area contributed by atoms with Gasteiger partial charge in [0.1, 0.15) is 0 Å². The average Bonchev–Trinajstić information content (AvgIpc) is 3.05. The van der Waals surface area contributed by atoms with Gasteiger partial charge in [0.15, 0.2) is 0 Å². The molecule has 1 aliphatic heterocycles.